The molecule has 1 N–H and O–H groups in total. The minimum absolute atomic E-state index is 0.0629. The van der Waals surface area contributed by atoms with Crippen LogP contribution in [-0.4, -0.2) is 15.8 Å². The van der Waals surface area contributed by atoms with Crippen molar-refractivity contribution in [1.29, 1.82) is 0 Å². The van der Waals surface area contributed by atoms with E-state index in [1.165, 1.54) is 25.7 Å². The van der Waals surface area contributed by atoms with Gasteiger partial charge in [0.2, 0.25) is 0 Å². The topological polar surface area (TPSA) is 46.9 Å². The molecule has 1 aliphatic rings. The van der Waals surface area contributed by atoms with Crippen molar-refractivity contribution in [3.8, 4) is 0 Å². The molecule has 1 saturated carbocycles. The third kappa shape index (κ3) is 3.19. The number of rotatable bonds is 5. The van der Waals surface area contributed by atoms with Gasteiger partial charge in [0, 0.05) is 24.7 Å². The summed E-state index contributed by atoms with van der Waals surface area (Å²) >= 11 is 0. The van der Waals surface area contributed by atoms with Gasteiger partial charge in [0.05, 0.1) is 5.69 Å². The first-order valence-electron chi connectivity index (χ1n) is 7.01. The van der Waals surface area contributed by atoms with Crippen LogP contribution in [0.1, 0.15) is 50.3 Å². The Morgan fingerprint density at radius 3 is 2.83 bits per heavy atom. The average molecular weight is 249 g/mol. The SMILES string of the molecule is CCCn1nc(C)cc(CNC2CCCC2)c1=O. The van der Waals surface area contributed by atoms with Crippen LogP contribution < -0.4 is 10.9 Å². The summed E-state index contributed by atoms with van der Waals surface area (Å²) in [6.07, 6.45) is 6.05. The molecule has 1 aliphatic carbocycles. The molecule has 1 aromatic heterocycles. The fourth-order valence-electron chi connectivity index (χ4n) is 2.62. The first kappa shape index (κ1) is 13.3. The zero-order valence-electron chi connectivity index (χ0n) is 11.4. The van der Waals surface area contributed by atoms with Gasteiger partial charge in [-0.05, 0) is 32.3 Å². The lowest BCUT2D eigenvalue weighted by Crippen LogP contribution is -2.32. The summed E-state index contributed by atoms with van der Waals surface area (Å²) in [5.41, 5.74) is 1.84. The molecule has 0 spiro atoms. The highest BCUT2D eigenvalue weighted by Crippen LogP contribution is 2.17. The Morgan fingerprint density at radius 1 is 1.44 bits per heavy atom. The molecule has 0 unspecified atom stereocenters. The Bertz CT molecular complexity index is 447. The van der Waals surface area contributed by atoms with Crippen LogP contribution in [0.3, 0.4) is 0 Å². The minimum Gasteiger partial charge on any atom is -0.310 e. The largest absolute Gasteiger partial charge is 0.310 e. The van der Waals surface area contributed by atoms with Crippen LogP contribution in [0.5, 0.6) is 0 Å². The summed E-state index contributed by atoms with van der Waals surface area (Å²) in [6.45, 7) is 5.39. The van der Waals surface area contributed by atoms with Crippen molar-refractivity contribution >= 4 is 0 Å². The van der Waals surface area contributed by atoms with E-state index in [9.17, 15) is 4.79 Å². The lowest BCUT2D eigenvalue weighted by Gasteiger charge is -2.13. The molecule has 1 aromatic rings. The maximum atomic E-state index is 12.2. The fourth-order valence-corrected chi connectivity index (χ4v) is 2.62. The van der Waals surface area contributed by atoms with Gasteiger partial charge >= 0.3 is 0 Å². The van der Waals surface area contributed by atoms with Crippen LogP contribution in [0, 0.1) is 6.92 Å². The van der Waals surface area contributed by atoms with Gasteiger partial charge in [-0.15, -0.1) is 0 Å². The number of hydrogen-bond donors (Lipinski definition) is 1. The molecular weight excluding hydrogens is 226 g/mol. The van der Waals surface area contributed by atoms with Gasteiger partial charge in [0.25, 0.3) is 5.56 Å². The Balaban J connectivity index is 2.08. The van der Waals surface area contributed by atoms with E-state index in [2.05, 4.69) is 17.3 Å². The summed E-state index contributed by atoms with van der Waals surface area (Å²) in [4.78, 5) is 12.2. The van der Waals surface area contributed by atoms with Crippen molar-refractivity contribution in [1.82, 2.24) is 15.1 Å². The van der Waals surface area contributed by atoms with E-state index in [1.807, 2.05) is 13.0 Å². The van der Waals surface area contributed by atoms with Gasteiger partial charge in [-0.2, -0.15) is 5.10 Å². The third-order valence-corrected chi connectivity index (χ3v) is 3.54. The Morgan fingerprint density at radius 2 is 2.17 bits per heavy atom. The predicted octanol–water partition coefficient (Wildman–Crippen LogP) is 1.99. The van der Waals surface area contributed by atoms with E-state index in [0.717, 1.165) is 17.7 Å². The van der Waals surface area contributed by atoms with Crippen molar-refractivity contribution in [2.24, 2.45) is 0 Å². The highest BCUT2D eigenvalue weighted by molar-refractivity contribution is 5.12. The normalized spacial score (nSPS) is 16.3. The van der Waals surface area contributed by atoms with E-state index >= 15 is 0 Å². The first-order chi connectivity index (χ1) is 8.70. The average Bonchev–Trinajstić information content (AvgIpc) is 2.85. The van der Waals surface area contributed by atoms with Gasteiger partial charge in [-0.25, -0.2) is 4.68 Å². The molecular formula is C14H23N3O. The first-order valence-corrected chi connectivity index (χ1v) is 7.01. The summed E-state index contributed by atoms with van der Waals surface area (Å²) in [6, 6.07) is 2.51. The van der Waals surface area contributed by atoms with Gasteiger partial charge in [-0.1, -0.05) is 19.8 Å². The Labute approximate surface area is 108 Å². The molecule has 4 nitrogen and oxygen atoms in total. The second-order valence-corrected chi connectivity index (χ2v) is 5.20. The molecule has 0 amide bonds. The number of nitrogens with one attached hydrogen (secondary N) is 1. The summed E-state index contributed by atoms with van der Waals surface area (Å²) in [5.74, 6) is 0. The van der Waals surface area contributed by atoms with Crippen LogP contribution in [-0.2, 0) is 13.1 Å². The van der Waals surface area contributed by atoms with Crippen molar-refractivity contribution in [2.45, 2.75) is 65.1 Å². The maximum absolute atomic E-state index is 12.2. The van der Waals surface area contributed by atoms with Gasteiger partial charge in [-0.3, -0.25) is 4.79 Å². The number of aromatic nitrogens is 2. The fraction of sp³-hybridized carbons (Fsp3) is 0.714. The molecule has 0 saturated heterocycles. The predicted molar refractivity (Wildman–Crippen MR) is 72.6 cm³/mol. The lowest BCUT2D eigenvalue weighted by atomic mass is 10.2. The van der Waals surface area contributed by atoms with Crippen molar-refractivity contribution in [2.75, 3.05) is 0 Å². The highest BCUT2D eigenvalue weighted by atomic mass is 16.1. The molecule has 0 aliphatic heterocycles. The molecule has 18 heavy (non-hydrogen) atoms. The molecule has 0 aromatic carbocycles. The van der Waals surface area contributed by atoms with Gasteiger partial charge < -0.3 is 5.32 Å². The van der Waals surface area contributed by atoms with E-state index in [0.29, 0.717) is 19.1 Å². The number of nitrogens with zero attached hydrogens (tertiary/aromatic N) is 2. The van der Waals surface area contributed by atoms with Crippen molar-refractivity contribution < 1.29 is 0 Å². The van der Waals surface area contributed by atoms with Crippen LogP contribution in [0.25, 0.3) is 0 Å². The monoisotopic (exact) mass is 249 g/mol. The molecule has 0 radical (unpaired) electrons. The second-order valence-electron chi connectivity index (χ2n) is 5.20. The molecule has 1 fully saturated rings. The quantitative estimate of drug-likeness (QED) is 0.868. The van der Waals surface area contributed by atoms with Crippen LogP contribution in [0.15, 0.2) is 10.9 Å². The smallest absolute Gasteiger partial charge is 0.271 e. The number of hydrogen-bond acceptors (Lipinski definition) is 3. The van der Waals surface area contributed by atoms with Crippen molar-refractivity contribution in [3.05, 3.63) is 27.7 Å². The van der Waals surface area contributed by atoms with E-state index < -0.39 is 0 Å². The molecule has 0 bridgehead atoms. The molecule has 0 atom stereocenters. The van der Waals surface area contributed by atoms with E-state index in [1.54, 1.807) is 4.68 Å². The Hall–Kier alpha value is -1.16. The highest BCUT2D eigenvalue weighted by Gasteiger charge is 2.15. The third-order valence-electron chi connectivity index (χ3n) is 3.54. The van der Waals surface area contributed by atoms with E-state index in [-0.39, 0.29) is 5.56 Å². The molecule has 4 heteroatoms. The number of aryl methyl sites for hydroxylation is 2. The minimum atomic E-state index is 0.0629. The molecule has 1 heterocycles. The zero-order valence-corrected chi connectivity index (χ0v) is 11.4. The second kappa shape index (κ2) is 6.14. The zero-order chi connectivity index (χ0) is 13.0. The van der Waals surface area contributed by atoms with Crippen LogP contribution in [0.2, 0.25) is 0 Å². The lowest BCUT2D eigenvalue weighted by molar-refractivity contribution is 0.508. The van der Waals surface area contributed by atoms with E-state index in [4.69, 9.17) is 0 Å². The summed E-state index contributed by atoms with van der Waals surface area (Å²) in [7, 11) is 0. The maximum Gasteiger partial charge on any atom is 0.271 e. The van der Waals surface area contributed by atoms with Crippen LogP contribution >= 0.6 is 0 Å². The summed E-state index contributed by atoms with van der Waals surface area (Å²) < 4.78 is 1.60. The molecule has 100 valence electrons. The molecule has 2 rings (SSSR count). The summed E-state index contributed by atoms with van der Waals surface area (Å²) in [5, 5.41) is 7.77. The van der Waals surface area contributed by atoms with Gasteiger partial charge in [0.15, 0.2) is 0 Å². The van der Waals surface area contributed by atoms with Crippen LogP contribution in [0.4, 0.5) is 0 Å². The standard InChI is InChI=1S/C14H23N3O/c1-3-8-17-14(18)12(9-11(2)16-17)10-15-13-6-4-5-7-13/h9,13,15H,3-8,10H2,1-2H3. The Kier molecular flexibility index (Phi) is 4.53. The van der Waals surface area contributed by atoms with Gasteiger partial charge in [0.1, 0.15) is 0 Å². The van der Waals surface area contributed by atoms with Crippen molar-refractivity contribution in [3.63, 3.8) is 0 Å².